The molecule has 2 aromatic carbocycles. The lowest BCUT2D eigenvalue weighted by atomic mass is 9.69. The Balaban J connectivity index is 1.57. The molecule has 1 unspecified atom stereocenters. The number of nitriles is 1. The van der Waals surface area contributed by atoms with Crippen LogP contribution in [-0.4, -0.2) is 19.3 Å². The topological polar surface area (TPSA) is 62.9 Å². The first kappa shape index (κ1) is 18.9. The van der Waals surface area contributed by atoms with E-state index in [2.05, 4.69) is 29.3 Å². The fourth-order valence-electron chi connectivity index (χ4n) is 4.26. The lowest BCUT2D eigenvalue weighted by Crippen LogP contribution is -2.45. The Kier molecular flexibility index (Phi) is 4.94. The number of piperidine rings is 1. The Morgan fingerprint density at radius 1 is 1.17 bits per heavy atom. The van der Waals surface area contributed by atoms with E-state index in [-0.39, 0.29) is 11.2 Å². The number of benzene rings is 2. The molecule has 0 bridgehead atoms. The summed E-state index contributed by atoms with van der Waals surface area (Å²) in [6, 6.07) is 16.2. The molecule has 1 aliphatic carbocycles. The second-order valence-electron chi connectivity index (χ2n) is 7.95. The van der Waals surface area contributed by atoms with Crippen LogP contribution in [0.5, 0.6) is 0 Å². The lowest BCUT2D eigenvalue weighted by Gasteiger charge is -2.46. The van der Waals surface area contributed by atoms with Crippen LogP contribution in [0.25, 0.3) is 0 Å². The van der Waals surface area contributed by atoms with Crippen LogP contribution < -0.4 is 10.2 Å². The van der Waals surface area contributed by atoms with E-state index in [0.717, 1.165) is 48.6 Å². The Bertz CT molecular complexity index is 1030. The van der Waals surface area contributed by atoms with E-state index in [1.165, 1.54) is 23.9 Å². The van der Waals surface area contributed by atoms with Crippen molar-refractivity contribution in [3.63, 3.8) is 0 Å². The highest BCUT2D eigenvalue weighted by Gasteiger charge is 2.38. The van der Waals surface area contributed by atoms with Crippen molar-refractivity contribution in [1.82, 2.24) is 0 Å². The van der Waals surface area contributed by atoms with Gasteiger partial charge in [-0.1, -0.05) is 12.5 Å². The quantitative estimate of drug-likeness (QED) is 0.705. The molecule has 4 nitrogen and oxygen atoms in total. The van der Waals surface area contributed by atoms with E-state index in [1.54, 1.807) is 12.1 Å². The number of nitrogens with one attached hydrogen (secondary N) is 2. The smallest absolute Gasteiger partial charge is 0.123 e. The molecule has 1 aliphatic heterocycles. The molecule has 5 heteroatoms. The molecule has 0 radical (unpaired) electrons. The highest BCUT2D eigenvalue weighted by molar-refractivity contribution is 5.81. The van der Waals surface area contributed by atoms with Crippen molar-refractivity contribution in [3.05, 3.63) is 82.8 Å². The fourth-order valence-corrected chi connectivity index (χ4v) is 4.26. The van der Waals surface area contributed by atoms with Gasteiger partial charge in [0.05, 0.1) is 11.6 Å². The number of rotatable bonds is 4. The third kappa shape index (κ3) is 3.79. The van der Waals surface area contributed by atoms with E-state index in [4.69, 9.17) is 10.7 Å². The van der Waals surface area contributed by atoms with Crippen molar-refractivity contribution in [2.45, 2.75) is 19.8 Å². The van der Waals surface area contributed by atoms with E-state index in [9.17, 15) is 4.39 Å². The van der Waals surface area contributed by atoms with Gasteiger partial charge in [-0.15, -0.1) is 0 Å². The highest BCUT2D eigenvalue weighted by atomic mass is 19.1. The summed E-state index contributed by atoms with van der Waals surface area (Å²) in [7, 11) is 0. The van der Waals surface area contributed by atoms with Crippen molar-refractivity contribution in [1.29, 1.82) is 10.7 Å². The minimum Gasteiger partial charge on any atom is -0.370 e. The molecule has 1 atom stereocenters. The summed E-state index contributed by atoms with van der Waals surface area (Å²) >= 11 is 0. The molecule has 2 N–H and O–H groups in total. The van der Waals surface area contributed by atoms with Crippen molar-refractivity contribution < 1.29 is 4.39 Å². The SMILES string of the molecule is CC12CC(C=N)=C(Nc3ccc(F)cc3)C=C1CCN(c1ccc(C#N)cc1)C2. The molecule has 0 spiro atoms. The first-order valence-corrected chi connectivity index (χ1v) is 9.73. The number of fused-ring (bicyclic) bond motifs is 1. The maximum Gasteiger partial charge on any atom is 0.123 e. The van der Waals surface area contributed by atoms with E-state index in [1.807, 2.05) is 24.3 Å². The highest BCUT2D eigenvalue weighted by Crippen LogP contribution is 2.45. The standard InChI is InChI=1S/C24H23FN4/c1-24-13-18(15-27)23(28-21-6-4-20(25)5-7-21)12-19(24)10-11-29(16-24)22-8-2-17(14-26)3-9-22/h2-9,12,15,27-28H,10-11,13,16H2,1H3. The maximum atomic E-state index is 13.2. The molecular weight excluding hydrogens is 363 g/mol. The zero-order valence-corrected chi connectivity index (χ0v) is 16.4. The monoisotopic (exact) mass is 386 g/mol. The summed E-state index contributed by atoms with van der Waals surface area (Å²) in [6.07, 6.45) is 5.31. The predicted molar refractivity (Wildman–Crippen MR) is 115 cm³/mol. The van der Waals surface area contributed by atoms with Gasteiger partial charge in [0.15, 0.2) is 0 Å². The molecule has 2 aliphatic rings. The zero-order valence-electron chi connectivity index (χ0n) is 16.4. The summed E-state index contributed by atoms with van der Waals surface area (Å²) in [4.78, 5) is 2.36. The zero-order chi connectivity index (χ0) is 20.4. The second-order valence-corrected chi connectivity index (χ2v) is 7.95. The molecule has 29 heavy (non-hydrogen) atoms. The van der Waals surface area contributed by atoms with Crippen LogP contribution in [0, 0.1) is 28.0 Å². The van der Waals surface area contributed by atoms with Crippen LogP contribution in [0.15, 0.2) is 71.5 Å². The average molecular weight is 386 g/mol. The number of hydrogen-bond acceptors (Lipinski definition) is 4. The minimum atomic E-state index is -0.262. The molecule has 1 fully saturated rings. The summed E-state index contributed by atoms with van der Waals surface area (Å²) in [5.74, 6) is -0.262. The number of nitrogens with zero attached hydrogens (tertiary/aromatic N) is 2. The Morgan fingerprint density at radius 3 is 2.55 bits per heavy atom. The van der Waals surface area contributed by atoms with Crippen LogP contribution in [0.4, 0.5) is 15.8 Å². The number of halogens is 1. The Labute approximate surface area is 170 Å². The molecule has 1 heterocycles. The van der Waals surface area contributed by atoms with Crippen molar-refractivity contribution >= 4 is 17.6 Å². The molecule has 0 amide bonds. The van der Waals surface area contributed by atoms with Crippen LogP contribution in [0.3, 0.4) is 0 Å². The number of allylic oxidation sites excluding steroid dienone is 2. The Morgan fingerprint density at radius 2 is 1.90 bits per heavy atom. The van der Waals surface area contributed by atoms with Crippen molar-refractivity contribution in [2.75, 3.05) is 23.3 Å². The molecular formula is C24H23FN4. The van der Waals surface area contributed by atoms with Crippen LogP contribution in [-0.2, 0) is 0 Å². The normalized spacial score (nSPS) is 21.1. The molecule has 2 aromatic rings. The summed E-state index contributed by atoms with van der Waals surface area (Å²) in [5.41, 5.74) is 5.80. The average Bonchev–Trinajstić information content (AvgIpc) is 2.74. The van der Waals surface area contributed by atoms with E-state index in [0.29, 0.717) is 5.56 Å². The van der Waals surface area contributed by atoms with Crippen LogP contribution >= 0.6 is 0 Å². The fraction of sp³-hybridized carbons (Fsp3) is 0.250. The van der Waals surface area contributed by atoms with Gasteiger partial charge in [0.2, 0.25) is 0 Å². The summed E-state index contributed by atoms with van der Waals surface area (Å²) in [5, 5.41) is 20.3. The van der Waals surface area contributed by atoms with Gasteiger partial charge in [-0.05, 0) is 73.0 Å². The molecule has 1 saturated heterocycles. The second kappa shape index (κ2) is 7.56. The molecule has 0 aromatic heterocycles. The van der Waals surface area contributed by atoms with E-state index < -0.39 is 0 Å². The summed E-state index contributed by atoms with van der Waals surface area (Å²) < 4.78 is 13.2. The van der Waals surface area contributed by atoms with Crippen molar-refractivity contribution in [3.8, 4) is 6.07 Å². The van der Waals surface area contributed by atoms with Gasteiger partial charge in [-0.3, -0.25) is 0 Å². The lowest BCUT2D eigenvalue weighted by molar-refractivity contribution is 0.349. The third-order valence-corrected chi connectivity index (χ3v) is 5.87. The molecule has 0 saturated carbocycles. The van der Waals surface area contributed by atoms with Crippen LogP contribution in [0.1, 0.15) is 25.3 Å². The largest absolute Gasteiger partial charge is 0.370 e. The first-order valence-electron chi connectivity index (χ1n) is 9.73. The van der Waals surface area contributed by atoms with E-state index >= 15 is 0 Å². The van der Waals surface area contributed by atoms with Gasteiger partial charge in [0.25, 0.3) is 0 Å². The minimum absolute atomic E-state index is 0.0486. The predicted octanol–water partition coefficient (Wildman–Crippen LogP) is 5.26. The molecule has 146 valence electrons. The van der Waals surface area contributed by atoms with Crippen molar-refractivity contribution in [2.24, 2.45) is 5.41 Å². The van der Waals surface area contributed by atoms with Gasteiger partial charge in [0, 0.05) is 41.8 Å². The first-order chi connectivity index (χ1) is 14.0. The third-order valence-electron chi connectivity index (χ3n) is 5.87. The summed E-state index contributed by atoms with van der Waals surface area (Å²) in [6.45, 7) is 4.04. The maximum absolute atomic E-state index is 13.2. The van der Waals surface area contributed by atoms with Gasteiger partial charge in [-0.25, -0.2) is 4.39 Å². The van der Waals surface area contributed by atoms with Gasteiger partial charge >= 0.3 is 0 Å². The number of hydrogen-bond donors (Lipinski definition) is 2. The van der Waals surface area contributed by atoms with Gasteiger partial charge in [0.1, 0.15) is 5.82 Å². The van der Waals surface area contributed by atoms with Gasteiger partial charge < -0.3 is 15.6 Å². The molecule has 4 rings (SSSR count). The van der Waals surface area contributed by atoms with Crippen LogP contribution in [0.2, 0.25) is 0 Å². The van der Waals surface area contributed by atoms with Gasteiger partial charge in [-0.2, -0.15) is 5.26 Å². The number of anilines is 2. The Hall–Kier alpha value is -3.39.